The van der Waals surface area contributed by atoms with Crippen LogP contribution in [0.25, 0.3) is 0 Å². The first kappa shape index (κ1) is 16.1. The van der Waals surface area contributed by atoms with Crippen LogP contribution in [0.3, 0.4) is 0 Å². The fraction of sp³-hybridized carbons (Fsp3) is 1.00. The van der Waals surface area contributed by atoms with Crippen molar-refractivity contribution in [2.75, 3.05) is 13.2 Å². The molecule has 0 amide bonds. The van der Waals surface area contributed by atoms with Gasteiger partial charge in [-0.3, -0.25) is 0 Å². The number of hydrogen-bond acceptors (Lipinski definition) is 5. The molecule has 0 aliphatic heterocycles. The van der Waals surface area contributed by atoms with E-state index in [1.807, 2.05) is 0 Å². The first-order chi connectivity index (χ1) is 3.65. The summed E-state index contributed by atoms with van der Waals surface area (Å²) < 4.78 is 0. The normalized spacial score (nSPS) is 6.00. The molecule has 9 heavy (non-hydrogen) atoms. The van der Waals surface area contributed by atoms with Crippen molar-refractivity contribution in [1.82, 2.24) is 0 Å². The van der Waals surface area contributed by atoms with Gasteiger partial charge in [0.25, 0.3) is 0 Å². The quantitative estimate of drug-likeness (QED) is 0.222. The molecule has 0 heterocycles. The predicted octanol–water partition coefficient (Wildman–Crippen LogP) is -4.26. The summed E-state index contributed by atoms with van der Waals surface area (Å²) >= 11 is 0. The Morgan fingerprint density at radius 3 is 1.33 bits per heavy atom. The Labute approximate surface area is 73.5 Å². The van der Waals surface area contributed by atoms with Crippen LogP contribution in [0.15, 0.2) is 0 Å². The fourth-order valence-corrected chi connectivity index (χ4v) is 0. The molecule has 0 aliphatic carbocycles. The Balaban J connectivity index is -0.0000000720. The molecule has 0 aromatic heterocycles. The number of aliphatic hydroxyl groups excluding tert-OH is 2. The van der Waals surface area contributed by atoms with Crippen LogP contribution >= 0.6 is 0 Å². The number of hydrogen-bond donors (Lipinski definition) is 2. The van der Waals surface area contributed by atoms with E-state index in [1.54, 1.807) is 0 Å². The van der Waals surface area contributed by atoms with Crippen LogP contribution in [0, 0.1) is 15.3 Å². The summed E-state index contributed by atoms with van der Waals surface area (Å²) in [7, 11) is 0. The second-order valence-electron chi connectivity index (χ2n) is 0.671. The van der Waals surface area contributed by atoms with E-state index in [1.165, 1.54) is 0 Å². The maximum atomic E-state index is 8.25. The summed E-state index contributed by atoms with van der Waals surface area (Å²) in [5.41, 5.74) is 0. The van der Waals surface area contributed by atoms with Gasteiger partial charge in [0.1, 0.15) is 0 Å². The van der Waals surface area contributed by atoms with Crippen molar-refractivity contribution < 1.29 is 44.9 Å². The molecule has 0 aromatic rings. The van der Waals surface area contributed by atoms with Gasteiger partial charge in [-0.05, 0) is 0 Å². The maximum Gasteiger partial charge on any atom is 1.00 e. The van der Waals surface area contributed by atoms with Gasteiger partial charge >= 0.3 is 29.6 Å². The van der Waals surface area contributed by atoms with Crippen molar-refractivity contribution in [2.24, 2.45) is 0 Å². The Hall–Kier alpha value is 0.120. The van der Waals surface area contributed by atoms with Crippen molar-refractivity contribution >= 4 is 0 Å². The molecule has 0 saturated heterocycles. The molecule has 0 bridgehead atoms. The molecule has 0 radical (unpaired) electrons. The van der Waals surface area contributed by atoms with Crippen LogP contribution < -0.4 is 29.6 Å². The Bertz CT molecular complexity index is 52.9. The standard InChI is InChI=1S/C2H6O2.NO3.Na/c3-1-2-4;2-1(3)4;/h3-4H,1-2H2;;/q;-1;+1. The van der Waals surface area contributed by atoms with Crippen LogP contribution in [-0.2, 0) is 0 Å². The van der Waals surface area contributed by atoms with E-state index in [2.05, 4.69) is 0 Å². The van der Waals surface area contributed by atoms with E-state index < -0.39 is 5.09 Å². The second-order valence-corrected chi connectivity index (χ2v) is 0.671. The molecule has 0 unspecified atom stereocenters. The average molecular weight is 147 g/mol. The van der Waals surface area contributed by atoms with E-state index >= 15 is 0 Å². The van der Waals surface area contributed by atoms with Crippen LogP contribution in [0.1, 0.15) is 0 Å². The summed E-state index contributed by atoms with van der Waals surface area (Å²) in [6, 6.07) is 0. The third-order valence-corrected chi connectivity index (χ3v) is 0.1000. The fourth-order valence-electron chi connectivity index (χ4n) is 0. The molecule has 0 fully saturated rings. The van der Waals surface area contributed by atoms with Gasteiger partial charge in [0.15, 0.2) is 0 Å². The van der Waals surface area contributed by atoms with E-state index in [0.29, 0.717) is 0 Å². The molecule has 50 valence electrons. The minimum atomic E-state index is -1.75. The first-order valence-corrected chi connectivity index (χ1v) is 1.68. The molecule has 6 nitrogen and oxygen atoms in total. The number of rotatable bonds is 1. The van der Waals surface area contributed by atoms with Gasteiger partial charge in [-0.2, -0.15) is 0 Å². The van der Waals surface area contributed by atoms with Gasteiger partial charge in [-0.25, -0.2) is 0 Å². The van der Waals surface area contributed by atoms with Gasteiger partial charge in [0.05, 0.1) is 18.3 Å². The first-order valence-electron chi connectivity index (χ1n) is 1.68. The van der Waals surface area contributed by atoms with Crippen LogP contribution in [0.5, 0.6) is 0 Å². The van der Waals surface area contributed by atoms with Crippen LogP contribution in [0.4, 0.5) is 0 Å². The summed E-state index contributed by atoms with van der Waals surface area (Å²) in [5.74, 6) is 0. The monoisotopic (exact) mass is 147 g/mol. The zero-order valence-electron chi connectivity index (χ0n) is 4.98. The molecule has 0 atom stereocenters. The molecular formula is C2H6NNaO5. The third-order valence-electron chi connectivity index (χ3n) is 0.1000. The molecule has 2 N–H and O–H groups in total. The Kier molecular flexibility index (Phi) is 28.0. The topological polar surface area (TPSA) is 107 Å². The molecule has 0 spiro atoms. The summed E-state index contributed by atoms with van der Waals surface area (Å²) in [5, 5.41) is 30.0. The van der Waals surface area contributed by atoms with Crippen molar-refractivity contribution in [1.29, 1.82) is 0 Å². The van der Waals surface area contributed by atoms with Gasteiger partial charge in [-0.1, -0.05) is 0 Å². The van der Waals surface area contributed by atoms with Gasteiger partial charge < -0.3 is 25.5 Å². The molecular weight excluding hydrogens is 141 g/mol. The Morgan fingerprint density at radius 1 is 1.22 bits per heavy atom. The van der Waals surface area contributed by atoms with Gasteiger partial charge in [0.2, 0.25) is 0 Å². The van der Waals surface area contributed by atoms with Crippen molar-refractivity contribution in [2.45, 2.75) is 0 Å². The predicted molar refractivity (Wildman–Crippen MR) is 24.5 cm³/mol. The van der Waals surface area contributed by atoms with E-state index in [0.717, 1.165) is 0 Å². The van der Waals surface area contributed by atoms with Crippen LogP contribution in [-0.4, -0.2) is 28.5 Å². The summed E-state index contributed by atoms with van der Waals surface area (Å²) in [6.07, 6.45) is 0. The minimum Gasteiger partial charge on any atom is -0.394 e. The molecule has 0 saturated carbocycles. The molecule has 0 rings (SSSR count). The van der Waals surface area contributed by atoms with Crippen molar-refractivity contribution in [3.05, 3.63) is 15.3 Å². The largest absolute Gasteiger partial charge is 1.00 e. The minimum absolute atomic E-state index is 0. The molecule has 0 aliphatic rings. The molecule has 0 aromatic carbocycles. The summed E-state index contributed by atoms with van der Waals surface area (Å²) in [6.45, 7) is -0.250. The second kappa shape index (κ2) is 15.7. The van der Waals surface area contributed by atoms with Crippen molar-refractivity contribution in [3.63, 3.8) is 0 Å². The number of nitrogens with zero attached hydrogens (tertiary/aromatic N) is 1. The SMILES string of the molecule is O=[N+]([O-])[O-].OCCO.[Na+]. The zero-order chi connectivity index (χ0) is 6.99. The van der Waals surface area contributed by atoms with E-state index in [-0.39, 0.29) is 42.8 Å². The van der Waals surface area contributed by atoms with Gasteiger partial charge in [-0.15, -0.1) is 0 Å². The Morgan fingerprint density at radius 2 is 1.33 bits per heavy atom. The van der Waals surface area contributed by atoms with Gasteiger partial charge in [0, 0.05) is 0 Å². The van der Waals surface area contributed by atoms with Crippen LogP contribution in [0.2, 0.25) is 0 Å². The van der Waals surface area contributed by atoms with E-state index in [9.17, 15) is 0 Å². The maximum absolute atomic E-state index is 8.25. The average Bonchev–Trinajstić information content (AvgIpc) is 1.65. The van der Waals surface area contributed by atoms with E-state index in [4.69, 9.17) is 25.5 Å². The summed E-state index contributed by atoms with van der Waals surface area (Å²) in [4.78, 5) is 8.25. The molecule has 7 heteroatoms. The third kappa shape index (κ3) is 242. The smallest absolute Gasteiger partial charge is 0.394 e. The number of aliphatic hydroxyl groups is 2. The van der Waals surface area contributed by atoms with Crippen molar-refractivity contribution in [3.8, 4) is 0 Å². The zero-order valence-corrected chi connectivity index (χ0v) is 6.98.